The highest BCUT2D eigenvalue weighted by atomic mass is 35.5. The predicted octanol–water partition coefficient (Wildman–Crippen LogP) is -0.289. The summed E-state index contributed by atoms with van der Waals surface area (Å²) in [4.78, 5) is 39.9. The quantitative estimate of drug-likeness (QED) is 0.139. The molecule has 34 heavy (non-hydrogen) atoms. The lowest BCUT2D eigenvalue weighted by molar-refractivity contribution is 0.0939. The second-order valence-electron chi connectivity index (χ2n) is 7.21. The third-order valence-corrected chi connectivity index (χ3v) is 4.69. The average Bonchev–Trinajstić information content (AvgIpc) is 2.75. The fourth-order valence-corrected chi connectivity index (χ4v) is 2.94. The number of carbonyl (C=O) groups excluding carboxylic acids is 2. The van der Waals surface area contributed by atoms with E-state index in [2.05, 4.69) is 30.6 Å². The SMILES string of the molecule is CC(N=C(N)N)NC(=O)c1ccc(CCCCN=C(N)NC(=O)c2nc(Cl)c(N)nc2N)cc1. The Kier molecular flexibility index (Phi) is 9.38. The molecule has 2 aromatic rings. The van der Waals surface area contributed by atoms with Gasteiger partial charge in [0.2, 0.25) is 0 Å². The molecule has 0 aliphatic carbocycles. The predicted molar refractivity (Wildman–Crippen MR) is 132 cm³/mol. The molecule has 13 nitrogen and oxygen atoms in total. The zero-order valence-electron chi connectivity index (χ0n) is 18.6. The first kappa shape index (κ1) is 26.1. The smallest absolute Gasteiger partial charge is 0.280 e. The maximum Gasteiger partial charge on any atom is 0.280 e. The summed E-state index contributed by atoms with van der Waals surface area (Å²) < 4.78 is 0. The minimum atomic E-state index is -0.690. The zero-order chi connectivity index (χ0) is 25.3. The first-order valence-corrected chi connectivity index (χ1v) is 10.6. The summed E-state index contributed by atoms with van der Waals surface area (Å²) in [5, 5.41) is 4.92. The molecule has 0 bridgehead atoms. The van der Waals surface area contributed by atoms with Crippen LogP contribution in [0.4, 0.5) is 11.6 Å². The van der Waals surface area contributed by atoms with Crippen molar-refractivity contribution in [3.8, 4) is 0 Å². The van der Waals surface area contributed by atoms with E-state index in [0.717, 1.165) is 24.8 Å². The molecule has 1 heterocycles. The van der Waals surface area contributed by atoms with Crippen LogP contribution in [-0.2, 0) is 6.42 Å². The number of hydrogen-bond donors (Lipinski definition) is 7. The topological polar surface area (TPSA) is 239 Å². The molecule has 0 aliphatic heterocycles. The lowest BCUT2D eigenvalue weighted by Crippen LogP contribution is -2.38. The Morgan fingerprint density at radius 2 is 1.71 bits per heavy atom. The van der Waals surface area contributed by atoms with Crippen molar-refractivity contribution in [1.29, 1.82) is 0 Å². The van der Waals surface area contributed by atoms with Crippen molar-refractivity contribution in [2.75, 3.05) is 18.0 Å². The van der Waals surface area contributed by atoms with E-state index >= 15 is 0 Å². The summed E-state index contributed by atoms with van der Waals surface area (Å²) in [6.07, 6.45) is 1.81. The molecule has 2 amide bonds. The number of benzene rings is 1. The molecule has 0 saturated carbocycles. The Labute approximate surface area is 201 Å². The van der Waals surface area contributed by atoms with Crippen LogP contribution in [0.3, 0.4) is 0 Å². The number of nitrogens with zero attached hydrogens (tertiary/aromatic N) is 4. The molecule has 2 rings (SSSR count). The number of unbranched alkanes of at least 4 members (excludes halogenated alkanes) is 1. The fraction of sp³-hybridized carbons (Fsp3) is 0.300. The van der Waals surface area contributed by atoms with Gasteiger partial charge in [0.15, 0.2) is 34.4 Å². The van der Waals surface area contributed by atoms with Crippen LogP contribution in [0.5, 0.6) is 0 Å². The molecule has 0 radical (unpaired) electrons. The molecular weight excluding hydrogens is 462 g/mol. The number of carbonyl (C=O) groups is 2. The molecule has 0 saturated heterocycles. The third kappa shape index (κ3) is 8.09. The Morgan fingerprint density at radius 3 is 2.35 bits per heavy atom. The van der Waals surface area contributed by atoms with Gasteiger partial charge in [-0.3, -0.25) is 19.9 Å². The van der Waals surface area contributed by atoms with Crippen LogP contribution < -0.4 is 39.3 Å². The van der Waals surface area contributed by atoms with Gasteiger partial charge >= 0.3 is 0 Å². The van der Waals surface area contributed by atoms with Crippen LogP contribution >= 0.6 is 11.6 Å². The number of hydrogen-bond acceptors (Lipinski definition) is 8. The van der Waals surface area contributed by atoms with Crippen LogP contribution in [0.2, 0.25) is 5.15 Å². The molecule has 14 heteroatoms. The van der Waals surface area contributed by atoms with Gasteiger partial charge in [0, 0.05) is 12.1 Å². The number of rotatable bonds is 9. The monoisotopic (exact) mass is 489 g/mol. The number of amides is 2. The van der Waals surface area contributed by atoms with Gasteiger partial charge in [0.05, 0.1) is 0 Å². The van der Waals surface area contributed by atoms with E-state index in [0.29, 0.717) is 12.1 Å². The Morgan fingerprint density at radius 1 is 1.03 bits per heavy atom. The van der Waals surface area contributed by atoms with Crippen LogP contribution in [-0.4, -0.2) is 46.4 Å². The maximum absolute atomic E-state index is 12.2. The molecule has 0 aliphatic rings. The van der Waals surface area contributed by atoms with Gasteiger partial charge in [-0.25, -0.2) is 15.0 Å². The summed E-state index contributed by atoms with van der Waals surface area (Å²) in [5.41, 5.74) is 28.8. The number of aryl methyl sites for hydroxylation is 1. The second-order valence-corrected chi connectivity index (χ2v) is 7.57. The summed E-state index contributed by atoms with van der Waals surface area (Å²) in [5.74, 6) is -1.38. The molecule has 1 unspecified atom stereocenters. The minimum Gasteiger partial charge on any atom is -0.382 e. The van der Waals surface area contributed by atoms with Crippen LogP contribution in [0.25, 0.3) is 0 Å². The normalized spacial score (nSPS) is 12.0. The van der Waals surface area contributed by atoms with Gasteiger partial charge in [-0.2, -0.15) is 0 Å². The van der Waals surface area contributed by atoms with E-state index in [9.17, 15) is 9.59 Å². The van der Waals surface area contributed by atoms with Gasteiger partial charge in [-0.15, -0.1) is 0 Å². The Balaban J connectivity index is 1.77. The van der Waals surface area contributed by atoms with E-state index in [1.54, 1.807) is 19.1 Å². The molecule has 1 aromatic carbocycles. The molecule has 0 fully saturated rings. The lowest BCUT2D eigenvalue weighted by atomic mass is 10.1. The number of aliphatic imine (C=N–C) groups is 2. The standard InChI is InChI=1S/C20H28ClN11O2/c1-10(29-19(24)25)28-17(33)12-7-5-11(6-8-12)4-2-3-9-27-20(26)32-18(34)13-15(22)31-16(23)14(21)30-13/h5-8,10H,2-4,9H2,1H3,(H,28,33)(H4,22,23,31)(H4,24,25,29)(H3,26,27,32,34). The highest BCUT2D eigenvalue weighted by molar-refractivity contribution is 6.31. The van der Waals surface area contributed by atoms with Gasteiger partial charge in [-0.1, -0.05) is 23.7 Å². The summed E-state index contributed by atoms with van der Waals surface area (Å²) in [7, 11) is 0. The van der Waals surface area contributed by atoms with Crippen LogP contribution in [0.15, 0.2) is 34.3 Å². The van der Waals surface area contributed by atoms with Crippen LogP contribution in [0, 0.1) is 0 Å². The van der Waals surface area contributed by atoms with Gasteiger partial charge in [-0.05, 0) is 43.9 Å². The number of guanidine groups is 2. The summed E-state index contributed by atoms with van der Waals surface area (Å²) >= 11 is 5.77. The molecule has 182 valence electrons. The number of nitrogens with two attached hydrogens (primary N) is 5. The summed E-state index contributed by atoms with van der Waals surface area (Å²) in [6.45, 7) is 2.07. The van der Waals surface area contributed by atoms with Gasteiger partial charge in [0.1, 0.15) is 6.17 Å². The molecule has 1 aromatic heterocycles. The number of anilines is 2. The first-order valence-electron chi connectivity index (χ1n) is 10.2. The third-order valence-electron chi connectivity index (χ3n) is 4.42. The summed E-state index contributed by atoms with van der Waals surface area (Å²) in [6, 6.07) is 7.22. The lowest BCUT2D eigenvalue weighted by Gasteiger charge is -2.10. The number of nitrogen functional groups attached to an aromatic ring is 2. The van der Waals surface area contributed by atoms with E-state index in [4.69, 9.17) is 40.3 Å². The number of halogens is 1. The maximum atomic E-state index is 12.2. The van der Waals surface area contributed by atoms with Crippen molar-refractivity contribution in [3.63, 3.8) is 0 Å². The highest BCUT2D eigenvalue weighted by Gasteiger charge is 2.16. The Bertz CT molecular complexity index is 1080. The van der Waals surface area contributed by atoms with Crippen molar-refractivity contribution in [2.24, 2.45) is 27.2 Å². The van der Waals surface area contributed by atoms with Crippen molar-refractivity contribution < 1.29 is 9.59 Å². The zero-order valence-corrected chi connectivity index (χ0v) is 19.3. The molecule has 1 atom stereocenters. The second kappa shape index (κ2) is 12.2. The largest absolute Gasteiger partial charge is 0.382 e. The van der Waals surface area contributed by atoms with Gasteiger partial charge < -0.3 is 34.0 Å². The van der Waals surface area contributed by atoms with E-state index in [-0.39, 0.29) is 40.3 Å². The molecule has 12 N–H and O–H groups in total. The van der Waals surface area contributed by atoms with Crippen molar-refractivity contribution in [1.82, 2.24) is 20.6 Å². The first-order chi connectivity index (χ1) is 16.1. The minimum absolute atomic E-state index is 0.0762. The van der Waals surface area contributed by atoms with E-state index in [1.807, 2.05) is 12.1 Å². The average molecular weight is 490 g/mol. The van der Waals surface area contributed by atoms with Crippen molar-refractivity contribution in [2.45, 2.75) is 32.4 Å². The van der Waals surface area contributed by atoms with Crippen molar-refractivity contribution in [3.05, 3.63) is 46.2 Å². The van der Waals surface area contributed by atoms with Crippen molar-refractivity contribution >= 4 is 47.0 Å². The fourth-order valence-electron chi connectivity index (χ4n) is 2.82. The highest BCUT2D eigenvalue weighted by Crippen LogP contribution is 2.17. The van der Waals surface area contributed by atoms with E-state index < -0.39 is 12.1 Å². The molecule has 0 spiro atoms. The van der Waals surface area contributed by atoms with Gasteiger partial charge in [0.25, 0.3) is 11.8 Å². The number of nitrogens with one attached hydrogen (secondary N) is 2. The molecular formula is C20H28ClN11O2. The number of aromatic nitrogens is 2. The Hall–Kier alpha value is -4.13. The van der Waals surface area contributed by atoms with E-state index in [1.165, 1.54) is 0 Å². The van der Waals surface area contributed by atoms with Crippen LogP contribution in [0.1, 0.15) is 46.2 Å².